The summed E-state index contributed by atoms with van der Waals surface area (Å²) in [5.41, 5.74) is -0.622. The van der Waals surface area contributed by atoms with E-state index in [1.807, 2.05) is 0 Å². The summed E-state index contributed by atoms with van der Waals surface area (Å²) in [6.07, 6.45) is 1.90. The molecule has 1 amide bonds. The Hall–Kier alpha value is -0.780. The average molecular weight is 271 g/mol. The topological polar surface area (TPSA) is 64.0 Å². The number of nitrogens with one attached hydrogen (secondary N) is 1. The first-order valence-electron chi connectivity index (χ1n) is 3.76. The van der Waals surface area contributed by atoms with Gasteiger partial charge >= 0.3 is 5.69 Å². The Kier molecular flexibility index (Phi) is 3.96. The summed E-state index contributed by atoms with van der Waals surface area (Å²) < 4.78 is -0.824. The Morgan fingerprint density at radius 2 is 2.20 bits per heavy atom. The van der Waals surface area contributed by atoms with E-state index in [2.05, 4.69) is 10.3 Å². The zero-order valence-corrected chi connectivity index (χ0v) is 9.50. The van der Waals surface area contributed by atoms with Crippen molar-refractivity contribution < 1.29 is 4.79 Å². The van der Waals surface area contributed by atoms with Crippen molar-refractivity contribution in [2.24, 2.45) is 0 Å². The van der Waals surface area contributed by atoms with Crippen molar-refractivity contribution in [2.45, 2.75) is 9.96 Å². The number of amides is 1. The number of halogens is 3. The predicted octanol–water partition coefficient (Wildman–Crippen LogP) is 0.858. The van der Waals surface area contributed by atoms with Crippen molar-refractivity contribution in [2.75, 3.05) is 0 Å². The molecule has 1 heterocycles. The van der Waals surface area contributed by atoms with Gasteiger partial charge in [0.15, 0.2) is 6.17 Å². The number of hydrogen-bond acceptors (Lipinski definition) is 3. The quantitative estimate of drug-likeness (QED) is 0.654. The second-order valence-corrected chi connectivity index (χ2v) is 4.91. The van der Waals surface area contributed by atoms with Crippen molar-refractivity contribution in [1.29, 1.82) is 0 Å². The van der Waals surface area contributed by atoms with E-state index in [9.17, 15) is 9.59 Å². The van der Waals surface area contributed by atoms with Crippen LogP contribution in [-0.4, -0.2) is 19.8 Å². The van der Waals surface area contributed by atoms with Gasteiger partial charge in [0.2, 0.25) is 10.2 Å². The van der Waals surface area contributed by atoms with Crippen LogP contribution in [0.2, 0.25) is 0 Å². The van der Waals surface area contributed by atoms with Crippen LogP contribution >= 0.6 is 34.8 Å². The summed E-state index contributed by atoms with van der Waals surface area (Å²) in [5.74, 6) is 0. The minimum atomic E-state index is -1.84. The maximum Gasteiger partial charge on any atom is 0.349 e. The molecule has 1 aromatic heterocycles. The monoisotopic (exact) mass is 269 g/mol. The highest BCUT2D eigenvalue weighted by molar-refractivity contribution is 6.67. The van der Waals surface area contributed by atoms with Gasteiger partial charge in [-0.25, -0.2) is 9.78 Å². The lowest BCUT2D eigenvalue weighted by Crippen LogP contribution is -2.41. The van der Waals surface area contributed by atoms with Gasteiger partial charge in [-0.2, -0.15) is 0 Å². The third kappa shape index (κ3) is 3.09. The molecule has 0 bridgehead atoms. The highest BCUT2D eigenvalue weighted by atomic mass is 35.6. The van der Waals surface area contributed by atoms with Crippen LogP contribution in [0.3, 0.4) is 0 Å². The third-order valence-electron chi connectivity index (χ3n) is 1.55. The van der Waals surface area contributed by atoms with Crippen LogP contribution in [-0.2, 0) is 4.79 Å². The number of alkyl halides is 3. The molecule has 0 aliphatic carbocycles. The van der Waals surface area contributed by atoms with Crippen molar-refractivity contribution in [3.05, 3.63) is 28.9 Å². The zero-order valence-electron chi connectivity index (χ0n) is 7.23. The Balaban J connectivity index is 3.16. The van der Waals surface area contributed by atoms with Crippen molar-refractivity contribution in [1.82, 2.24) is 14.9 Å². The number of rotatable bonds is 3. The second kappa shape index (κ2) is 4.83. The molecule has 0 aliphatic heterocycles. The summed E-state index contributed by atoms with van der Waals surface area (Å²) in [7, 11) is 0. The Bertz CT molecular complexity index is 401. The first-order chi connectivity index (χ1) is 6.96. The van der Waals surface area contributed by atoms with Gasteiger partial charge in [-0.3, -0.25) is 9.36 Å². The first-order valence-corrected chi connectivity index (χ1v) is 4.90. The van der Waals surface area contributed by atoms with Crippen LogP contribution in [0, 0.1) is 0 Å². The normalized spacial score (nSPS) is 13.3. The summed E-state index contributed by atoms with van der Waals surface area (Å²) in [5, 5.41) is 2.23. The second-order valence-electron chi connectivity index (χ2n) is 2.54. The minimum absolute atomic E-state index is 0.339. The number of nitrogens with zero attached hydrogens (tertiary/aromatic N) is 2. The number of hydrogen-bond donors (Lipinski definition) is 1. The average Bonchev–Trinajstić information content (AvgIpc) is 2.14. The fraction of sp³-hybridized carbons (Fsp3) is 0.286. The maximum atomic E-state index is 11.3. The Morgan fingerprint density at radius 1 is 1.53 bits per heavy atom. The molecule has 0 unspecified atom stereocenters. The fourth-order valence-electron chi connectivity index (χ4n) is 0.962. The Labute approximate surface area is 100.0 Å². The van der Waals surface area contributed by atoms with Gasteiger partial charge in [-0.15, -0.1) is 0 Å². The molecule has 0 fully saturated rings. The minimum Gasteiger partial charge on any atom is -0.334 e. The van der Waals surface area contributed by atoms with E-state index >= 15 is 0 Å². The molecule has 1 N–H and O–H groups in total. The van der Waals surface area contributed by atoms with Crippen LogP contribution in [0.25, 0.3) is 0 Å². The predicted molar refractivity (Wildman–Crippen MR) is 57.0 cm³/mol. The molecule has 0 spiro atoms. The SMILES string of the molecule is O=CN[C@@H](n1cccnc1=O)C(Cl)(Cl)Cl. The van der Waals surface area contributed by atoms with Gasteiger partial charge in [0.05, 0.1) is 0 Å². The highest BCUT2D eigenvalue weighted by Crippen LogP contribution is 2.35. The molecule has 15 heavy (non-hydrogen) atoms. The summed E-state index contributed by atoms with van der Waals surface area (Å²) in [4.78, 5) is 25.1. The fourth-order valence-corrected chi connectivity index (χ4v) is 1.47. The molecule has 1 atom stereocenters. The van der Waals surface area contributed by atoms with Crippen LogP contribution < -0.4 is 11.0 Å². The van der Waals surface area contributed by atoms with Gasteiger partial charge in [0.25, 0.3) is 0 Å². The van der Waals surface area contributed by atoms with E-state index in [0.29, 0.717) is 6.41 Å². The smallest absolute Gasteiger partial charge is 0.334 e. The molecule has 0 saturated carbocycles. The molecular weight excluding hydrogens is 264 g/mol. The van der Waals surface area contributed by atoms with E-state index in [1.54, 1.807) is 0 Å². The van der Waals surface area contributed by atoms with Crippen molar-refractivity contribution >= 4 is 41.2 Å². The lowest BCUT2D eigenvalue weighted by Gasteiger charge is -2.24. The number of carbonyl (C=O) groups excluding carboxylic acids is 1. The zero-order chi connectivity index (χ0) is 11.5. The molecule has 1 rings (SSSR count). The largest absolute Gasteiger partial charge is 0.349 e. The van der Waals surface area contributed by atoms with Crippen LogP contribution in [0.4, 0.5) is 0 Å². The molecule has 5 nitrogen and oxygen atoms in total. The first kappa shape index (κ1) is 12.3. The number of aromatic nitrogens is 2. The van der Waals surface area contributed by atoms with Gasteiger partial charge in [0.1, 0.15) is 0 Å². The highest BCUT2D eigenvalue weighted by Gasteiger charge is 2.34. The molecule has 82 valence electrons. The maximum absolute atomic E-state index is 11.3. The molecule has 0 saturated heterocycles. The Morgan fingerprint density at radius 3 is 2.67 bits per heavy atom. The molecule has 0 aromatic carbocycles. The van der Waals surface area contributed by atoms with Crippen molar-refractivity contribution in [3.63, 3.8) is 0 Å². The van der Waals surface area contributed by atoms with Crippen LogP contribution in [0.15, 0.2) is 23.3 Å². The standard InChI is InChI=1S/C7H6Cl3N3O2/c8-7(9,10)5(12-4-14)13-3-1-2-11-6(13)15/h1-5H,(H,12,14)/t5-/m0/s1. The summed E-state index contributed by atoms with van der Waals surface area (Å²) in [6.45, 7) is 0. The van der Waals surface area contributed by atoms with Gasteiger partial charge in [-0.1, -0.05) is 34.8 Å². The van der Waals surface area contributed by atoms with Crippen molar-refractivity contribution in [3.8, 4) is 0 Å². The lowest BCUT2D eigenvalue weighted by molar-refractivity contribution is -0.110. The third-order valence-corrected chi connectivity index (χ3v) is 2.17. The van der Waals surface area contributed by atoms with E-state index in [0.717, 1.165) is 4.57 Å². The summed E-state index contributed by atoms with van der Waals surface area (Å²) >= 11 is 16.8. The van der Waals surface area contributed by atoms with Gasteiger partial charge in [0, 0.05) is 12.4 Å². The molecule has 1 aromatic rings. The van der Waals surface area contributed by atoms with E-state index in [4.69, 9.17) is 34.8 Å². The van der Waals surface area contributed by atoms with Gasteiger partial charge < -0.3 is 5.32 Å². The lowest BCUT2D eigenvalue weighted by atomic mass is 10.5. The number of carbonyl (C=O) groups is 1. The van der Waals surface area contributed by atoms with E-state index in [-0.39, 0.29) is 0 Å². The van der Waals surface area contributed by atoms with Crippen LogP contribution in [0.1, 0.15) is 6.17 Å². The van der Waals surface area contributed by atoms with E-state index in [1.165, 1.54) is 18.5 Å². The molecule has 0 aliphatic rings. The van der Waals surface area contributed by atoms with Crippen LogP contribution in [0.5, 0.6) is 0 Å². The molecule has 0 radical (unpaired) electrons. The molecule has 8 heteroatoms. The van der Waals surface area contributed by atoms with E-state index < -0.39 is 15.6 Å². The summed E-state index contributed by atoms with van der Waals surface area (Å²) in [6, 6.07) is 1.48. The molecular formula is C7H6Cl3N3O2. The van der Waals surface area contributed by atoms with Gasteiger partial charge in [-0.05, 0) is 6.07 Å².